The standard InChI is InChI=1S/C50H32N2S2/c1-5-17-33(18-6-1)51(34-19-7-2-8-20-34)43-31-47-49(39-27-15-13-25-37(39)43)41-29-46-42(30-45(41)53-47)50-40-28-16-14-26-38(40)44(32-48(50)54-46)52(35-21-9-3-10-22-35)36-23-11-4-12-24-36/h1-32H. The minimum Gasteiger partial charge on any atom is -0.310 e. The number of nitrogens with zero attached hydrogens (tertiary/aromatic N) is 2. The molecule has 0 bridgehead atoms. The lowest BCUT2D eigenvalue weighted by molar-refractivity contribution is 1.30. The van der Waals surface area contributed by atoms with Crippen molar-refractivity contribution in [2.75, 3.05) is 9.80 Å². The Balaban J connectivity index is 1.17. The number of hydrogen-bond donors (Lipinski definition) is 0. The van der Waals surface area contributed by atoms with Crippen LogP contribution in [0.1, 0.15) is 0 Å². The van der Waals surface area contributed by atoms with Crippen molar-refractivity contribution in [2.45, 2.75) is 0 Å². The summed E-state index contributed by atoms with van der Waals surface area (Å²) in [6, 6.07) is 70.5. The molecule has 0 N–H and O–H groups in total. The van der Waals surface area contributed by atoms with E-state index >= 15 is 0 Å². The van der Waals surface area contributed by atoms with Crippen molar-refractivity contribution in [2.24, 2.45) is 0 Å². The zero-order valence-corrected chi connectivity index (χ0v) is 30.8. The van der Waals surface area contributed by atoms with Gasteiger partial charge in [-0.3, -0.25) is 0 Å². The molecule has 2 heterocycles. The quantitative estimate of drug-likeness (QED) is 0.168. The summed E-state index contributed by atoms with van der Waals surface area (Å²) in [6.45, 7) is 0. The van der Waals surface area contributed by atoms with Gasteiger partial charge >= 0.3 is 0 Å². The van der Waals surface area contributed by atoms with Crippen molar-refractivity contribution < 1.29 is 0 Å². The second kappa shape index (κ2) is 12.6. The van der Waals surface area contributed by atoms with E-state index in [1.165, 1.54) is 73.3 Å². The van der Waals surface area contributed by atoms with Gasteiger partial charge in [-0.05, 0) is 83.6 Å². The van der Waals surface area contributed by atoms with Gasteiger partial charge in [0.25, 0.3) is 0 Å². The molecule has 0 aliphatic heterocycles. The summed E-state index contributed by atoms with van der Waals surface area (Å²) in [5, 5.41) is 10.4. The van der Waals surface area contributed by atoms with Crippen LogP contribution in [-0.2, 0) is 0 Å². The van der Waals surface area contributed by atoms with Crippen LogP contribution in [0.3, 0.4) is 0 Å². The number of fused-ring (bicyclic) bond motifs is 10. The van der Waals surface area contributed by atoms with Gasteiger partial charge in [0, 0.05) is 73.9 Å². The average molecular weight is 725 g/mol. The van der Waals surface area contributed by atoms with Crippen molar-refractivity contribution >= 4 is 119 Å². The molecule has 0 amide bonds. The van der Waals surface area contributed by atoms with Gasteiger partial charge in [0.05, 0.1) is 11.4 Å². The number of benzene rings is 9. The van der Waals surface area contributed by atoms with Crippen molar-refractivity contribution in [3.63, 3.8) is 0 Å². The molecule has 11 rings (SSSR count). The molecule has 0 radical (unpaired) electrons. The van der Waals surface area contributed by atoms with Crippen LogP contribution in [0.15, 0.2) is 194 Å². The topological polar surface area (TPSA) is 6.48 Å². The molecule has 0 aliphatic rings. The van der Waals surface area contributed by atoms with Gasteiger partial charge in [0.15, 0.2) is 0 Å². The predicted molar refractivity (Wildman–Crippen MR) is 237 cm³/mol. The molecule has 9 aromatic carbocycles. The fourth-order valence-corrected chi connectivity index (χ4v) is 10.6. The molecular formula is C50H32N2S2. The van der Waals surface area contributed by atoms with E-state index in [-0.39, 0.29) is 0 Å². The Morgan fingerprint density at radius 2 is 0.556 bits per heavy atom. The fourth-order valence-electron chi connectivity index (χ4n) is 8.27. The van der Waals surface area contributed by atoms with E-state index in [1.807, 2.05) is 22.7 Å². The lowest BCUT2D eigenvalue weighted by atomic mass is 9.99. The maximum Gasteiger partial charge on any atom is 0.0554 e. The number of para-hydroxylation sites is 4. The Hall–Kier alpha value is -6.46. The zero-order chi connectivity index (χ0) is 35.6. The van der Waals surface area contributed by atoms with E-state index in [9.17, 15) is 0 Å². The fraction of sp³-hybridized carbons (Fsp3) is 0. The van der Waals surface area contributed by atoms with Gasteiger partial charge in [-0.1, -0.05) is 121 Å². The molecule has 2 aromatic heterocycles. The first kappa shape index (κ1) is 31.1. The van der Waals surface area contributed by atoms with Crippen molar-refractivity contribution in [3.8, 4) is 0 Å². The van der Waals surface area contributed by atoms with Gasteiger partial charge in [0.2, 0.25) is 0 Å². The summed E-state index contributed by atoms with van der Waals surface area (Å²) in [4.78, 5) is 4.80. The molecule has 0 saturated heterocycles. The van der Waals surface area contributed by atoms with Crippen molar-refractivity contribution in [1.82, 2.24) is 0 Å². The van der Waals surface area contributed by atoms with Gasteiger partial charge < -0.3 is 9.80 Å². The van der Waals surface area contributed by atoms with Crippen LogP contribution in [0, 0.1) is 0 Å². The second-order valence-electron chi connectivity index (χ2n) is 13.7. The third kappa shape index (κ3) is 4.92. The maximum absolute atomic E-state index is 2.47. The molecule has 0 saturated carbocycles. The lowest BCUT2D eigenvalue weighted by Crippen LogP contribution is -2.10. The first-order valence-corrected chi connectivity index (χ1v) is 19.9. The molecule has 2 nitrogen and oxygen atoms in total. The van der Waals surface area contributed by atoms with Crippen molar-refractivity contribution in [1.29, 1.82) is 0 Å². The number of rotatable bonds is 6. The number of thiophene rings is 2. The lowest BCUT2D eigenvalue weighted by Gasteiger charge is -2.27. The van der Waals surface area contributed by atoms with E-state index in [4.69, 9.17) is 0 Å². The Morgan fingerprint density at radius 1 is 0.259 bits per heavy atom. The molecular weight excluding hydrogens is 693 g/mol. The minimum atomic E-state index is 1.14. The first-order valence-electron chi connectivity index (χ1n) is 18.3. The van der Waals surface area contributed by atoms with Gasteiger partial charge in [0.1, 0.15) is 0 Å². The summed E-state index contributed by atoms with van der Waals surface area (Å²) in [7, 11) is 0. The molecule has 254 valence electrons. The first-order chi connectivity index (χ1) is 26.8. The highest BCUT2D eigenvalue weighted by molar-refractivity contribution is 7.27. The summed E-state index contributed by atoms with van der Waals surface area (Å²) < 4.78 is 5.22. The average Bonchev–Trinajstić information content (AvgIpc) is 3.79. The van der Waals surface area contributed by atoms with E-state index in [2.05, 4.69) is 204 Å². The Bertz CT molecular complexity index is 2860. The van der Waals surface area contributed by atoms with E-state index < -0.39 is 0 Å². The highest BCUT2D eigenvalue weighted by Gasteiger charge is 2.22. The van der Waals surface area contributed by atoms with E-state index in [0.717, 1.165) is 22.7 Å². The van der Waals surface area contributed by atoms with Crippen molar-refractivity contribution in [3.05, 3.63) is 194 Å². The van der Waals surface area contributed by atoms with Gasteiger partial charge in [-0.15, -0.1) is 22.7 Å². The SMILES string of the molecule is c1ccc(N(c2ccccc2)c2cc3sc4cc5c(cc4c3c3ccccc23)sc2cc(N(c3ccccc3)c3ccccc3)c3ccccc3c25)cc1. The van der Waals surface area contributed by atoms with Crippen LogP contribution in [0.5, 0.6) is 0 Å². The largest absolute Gasteiger partial charge is 0.310 e. The van der Waals surface area contributed by atoms with Crippen LogP contribution >= 0.6 is 22.7 Å². The third-order valence-corrected chi connectivity index (χ3v) is 12.8. The second-order valence-corrected chi connectivity index (χ2v) is 15.9. The Morgan fingerprint density at radius 3 is 0.889 bits per heavy atom. The summed E-state index contributed by atoms with van der Waals surface area (Å²) >= 11 is 3.81. The molecule has 0 fully saturated rings. The predicted octanol–water partition coefficient (Wildman–Crippen LogP) is 15.7. The maximum atomic E-state index is 2.47. The Labute approximate surface area is 321 Å². The monoisotopic (exact) mass is 724 g/mol. The van der Waals surface area contributed by atoms with Gasteiger partial charge in [-0.2, -0.15) is 0 Å². The number of hydrogen-bond acceptors (Lipinski definition) is 4. The van der Waals surface area contributed by atoms with Crippen LogP contribution < -0.4 is 9.80 Å². The molecule has 0 unspecified atom stereocenters. The van der Waals surface area contributed by atoms with Crippen LogP contribution in [0.2, 0.25) is 0 Å². The van der Waals surface area contributed by atoms with Crippen LogP contribution in [0.25, 0.3) is 61.9 Å². The zero-order valence-electron chi connectivity index (χ0n) is 29.2. The smallest absolute Gasteiger partial charge is 0.0554 e. The third-order valence-electron chi connectivity index (χ3n) is 10.6. The minimum absolute atomic E-state index is 1.14. The van der Waals surface area contributed by atoms with Gasteiger partial charge in [-0.25, -0.2) is 0 Å². The molecule has 0 atom stereocenters. The molecule has 0 spiro atoms. The van der Waals surface area contributed by atoms with E-state index in [0.29, 0.717) is 0 Å². The van der Waals surface area contributed by atoms with Crippen LogP contribution in [0.4, 0.5) is 34.1 Å². The normalized spacial score (nSPS) is 11.7. The summed E-state index contributed by atoms with van der Waals surface area (Å²) in [5.41, 5.74) is 6.95. The summed E-state index contributed by atoms with van der Waals surface area (Å²) in [6.07, 6.45) is 0. The molecule has 4 heteroatoms. The van der Waals surface area contributed by atoms with Crippen LogP contribution in [-0.4, -0.2) is 0 Å². The number of anilines is 6. The molecule has 54 heavy (non-hydrogen) atoms. The highest BCUT2D eigenvalue weighted by Crippen LogP contribution is 2.50. The van der Waals surface area contributed by atoms with E-state index in [1.54, 1.807) is 0 Å². The summed E-state index contributed by atoms with van der Waals surface area (Å²) in [5.74, 6) is 0. The molecule has 0 aliphatic carbocycles. The Kier molecular flexibility index (Phi) is 7.25. The molecule has 11 aromatic rings. The highest BCUT2D eigenvalue weighted by atomic mass is 32.1.